The lowest BCUT2D eigenvalue weighted by atomic mass is 9.86. The van der Waals surface area contributed by atoms with Crippen LogP contribution in [0.1, 0.15) is 32.1 Å². The SMILES string of the molecule is c1cnc(NC[C@H]2CO[C@@]3(CCCN(CC4CC4)C3)C2)nc1. The van der Waals surface area contributed by atoms with E-state index in [-0.39, 0.29) is 5.60 Å². The van der Waals surface area contributed by atoms with Crippen molar-refractivity contribution in [3.8, 4) is 0 Å². The fourth-order valence-corrected chi connectivity index (χ4v) is 3.99. The van der Waals surface area contributed by atoms with Crippen LogP contribution >= 0.6 is 0 Å². The maximum atomic E-state index is 6.29. The molecule has 3 aliphatic rings. The van der Waals surface area contributed by atoms with Crippen LogP contribution in [0.2, 0.25) is 0 Å². The van der Waals surface area contributed by atoms with Crippen molar-refractivity contribution in [2.45, 2.75) is 37.7 Å². The minimum absolute atomic E-state index is 0.122. The van der Waals surface area contributed by atoms with E-state index in [2.05, 4.69) is 20.2 Å². The van der Waals surface area contributed by atoms with Crippen molar-refractivity contribution < 1.29 is 4.74 Å². The molecule has 1 aromatic rings. The topological polar surface area (TPSA) is 50.3 Å². The highest BCUT2D eigenvalue weighted by Crippen LogP contribution is 2.39. The third-order valence-electron chi connectivity index (χ3n) is 5.23. The standard InChI is InChI=1S/C17H26N4O/c1-5-17(13-21(8-1)11-14-3-4-14)9-15(12-22-17)10-20-16-18-6-2-7-19-16/h2,6-7,14-15H,1,3-5,8-13H2,(H,18,19,20)/t15-,17-/m0/s1. The number of likely N-dealkylation sites (tertiary alicyclic amines) is 1. The van der Waals surface area contributed by atoms with Crippen molar-refractivity contribution in [3.63, 3.8) is 0 Å². The van der Waals surface area contributed by atoms with Crippen molar-refractivity contribution in [1.82, 2.24) is 14.9 Å². The highest BCUT2D eigenvalue weighted by Gasteiger charge is 2.43. The first-order valence-corrected chi connectivity index (χ1v) is 8.69. The molecular formula is C17H26N4O. The quantitative estimate of drug-likeness (QED) is 0.903. The Bertz CT molecular complexity index is 493. The highest BCUT2D eigenvalue weighted by molar-refractivity contribution is 5.22. The van der Waals surface area contributed by atoms with Crippen molar-refractivity contribution in [3.05, 3.63) is 18.5 Å². The van der Waals surface area contributed by atoms with Gasteiger partial charge in [0, 0.05) is 37.9 Å². The predicted molar refractivity (Wildman–Crippen MR) is 85.7 cm³/mol. The minimum Gasteiger partial charge on any atom is -0.373 e. The van der Waals surface area contributed by atoms with Gasteiger partial charge in [-0.3, -0.25) is 0 Å². The second-order valence-electron chi connectivity index (χ2n) is 7.30. The van der Waals surface area contributed by atoms with E-state index < -0.39 is 0 Å². The van der Waals surface area contributed by atoms with E-state index in [0.717, 1.165) is 31.6 Å². The van der Waals surface area contributed by atoms with Crippen LogP contribution in [0.25, 0.3) is 0 Å². The number of hydrogen-bond acceptors (Lipinski definition) is 5. The number of piperidine rings is 1. The van der Waals surface area contributed by atoms with Crippen LogP contribution in [0.3, 0.4) is 0 Å². The Morgan fingerprint density at radius 2 is 2.14 bits per heavy atom. The Kier molecular flexibility index (Phi) is 4.01. The average molecular weight is 302 g/mol. The normalized spacial score (nSPS) is 32.5. The number of rotatable bonds is 5. The number of anilines is 1. The second-order valence-corrected chi connectivity index (χ2v) is 7.30. The zero-order chi connectivity index (χ0) is 14.8. The molecule has 3 heterocycles. The maximum absolute atomic E-state index is 6.29. The van der Waals surface area contributed by atoms with Gasteiger partial charge < -0.3 is 15.0 Å². The van der Waals surface area contributed by atoms with Gasteiger partial charge in [0.1, 0.15) is 0 Å². The molecule has 3 fully saturated rings. The van der Waals surface area contributed by atoms with E-state index in [4.69, 9.17) is 4.74 Å². The molecule has 2 atom stereocenters. The van der Waals surface area contributed by atoms with Crippen molar-refractivity contribution >= 4 is 5.95 Å². The maximum Gasteiger partial charge on any atom is 0.222 e. The molecule has 22 heavy (non-hydrogen) atoms. The van der Waals surface area contributed by atoms with Crippen LogP contribution in [0.5, 0.6) is 0 Å². The van der Waals surface area contributed by atoms with Crippen LogP contribution in [0.4, 0.5) is 5.95 Å². The van der Waals surface area contributed by atoms with Gasteiger partial charge in [-0.2, -0.15) is 0 Å². The molecule has 0 bridgehead atoms. The molecule has 120 valence electrons. The molecule has 5 heteroatoms. The molecular weight excluding hydrogens is 276 g/mol. The third-order valence-corrected chi connectivity index (χ3v) is 5.23. The van der Waals surface area contributed by atoms with Crippen molar-refractivity contribution in [2.24, 2.45) is 11.8 Å². The van der Waals surface area contributed by atoms with E-state index in [1.807, 2.05) is 6.07 Å². The summed E-state index contributed by atoms with van der Waals surface area (Å²) in [6.45, 7) is 5.49. The van der Waals surface area contributed by atoms with Crippen LogP contribution in [-0.2, 0) is 4.74 Å². The van der Waals surface area contributed by atoms with E-state index >= 15 is 0 Å². The fraction of sp³-hybridized carbons (Fsp3) is 0.765. The average Bonchev–Trinajstić information content (AvgIpc) is 3.28. The summed E-state index contributed by atoms with van der Waals surface area (Å²) < 4.78 is 6.29. The van der Waals surface area contributed by atoms with Gasteiger partial charge in [-0.05, 0) is 50.6 Å². The molecule has 2 aliphatic heterocycles. The predicted octanol–water partition coefficient (Wildman–Crippen LogP) is 2.17. The van der Waals surface area contributed by atoms with Crippen molar-refractivity contribution in [2.75, 3.05) is 38.1 Å². The highest BCUT2D eigenvalue weighted by atomic mass is 16.5. The summed E-state index contributed by atoms with van der Waals surface area (Å²) in [5, 5.41) is 3.35. The largest absolute Gasteiger partial charge is 0.373 e. The number of nitrogens with one attached hydrogen (secondary N) is 1. The summed E-state index contributed by atoms with van der Waals surface area (Å²) in [5.74, 6) is 2.27. The van der Waals surface area contributed by atoms with Gasteiger partial charge in [-0.1, -0.05) is 0 Å². The van der Waals surface area contributed by atoms with Crippen molar-refractivity contribution in [1.29, 1.82) is 0 Å². The summed E-state index contributed by atoms with van der Waals surface area (Å²) in [6, 6.07) is 1.84. The van der Waals surface area contributed by atoms with Crippen LogP contribution < -0.4 is 5.32 Å². The lowest BCUT2D eigenvalue weighted by Gasteiger charge is -2.40. The monoisotopic (exact) mass is 302 g/mol. The van der Waals surface area contributed by atoms with Crippen LogP contribution in [0, 0.1) is 11.8 Å². The Balaban J connectivity index is 1.29. The van der Waals surface area contributed by atoms with Gasteiger partial charge in [0.2, 0.25) is 5.95 Å². The Labute approximate surface area is 132 Å². The Hall–Kier alpha value is -1.20. The summed E-state index contributed by atoms with van der Waals surface area (Å²) in [4.78, 5) is 11.1. The molecule has 0 aromatic carbocycles. The van der Waals surface area contributed by atoms with E-state index in [9.17, 15) is 0 Å². The number of aromatic nitrogens is 2. The molecule has 1 saturated carbocycles. The molecule has 1 N–H and O–H groups in total. The molecule has 1 spiro atoms. The molecule has 4 rings (SSSR count). The summed E-state index contributed by atoms with van der Waals surface area (Å²) >= 11 is 0. The Morgan fingerprint density at radius 3 is 2.95 bits per heavy atom. The fourth-order valence-electron chi connectivity index (χ4n) is 3.99. The first kappa shape index (κ1) is 14.4. The molecule has 0 radical (unpaired) electrons. The molecule has 0 unspecified atom stereocenters. The zero-order valence-corrected chi connectivity index (χ0v) is 13.2. The summed E-state index contributed by atoms with van der Waals surface area (Å²) in [7, 11) is 0. The lowest BCUT2D eigenvalue weighted by Crippen LogP contribution is -2.48. The molecule has 2 saturated heterocycles. The molecule has 0 amide bonds. The van der Waals surface area contributed by atoms with Gasteiger partial charge in [0.25, 0.3) is 0 Å². The number of ether oxygens (including phenoxy) is 1. The van der Waals surface area contributed by atoms with E-state index in [1.165, 1.54) is 45.2 Å². The van der Waals surface area contributed by atoms with Gasteiger partial charge in [0.05, 0.1) is 12.2 Å². The molecule has 1 aromatic heterocycles. The van der Waals surface area contributed by atoms with E-state index in [1.54, 1.807) is 12.4 Å². The number of hydrogen-bond donors (Lipinski definition) is 1. The zero-order valence-electron chi connectivity index (χ0n) is 13.2. The Morgan fingerprint density at radius 1 is 1.27 bits per heavy atom. The lowest BCUT2D eigenvalue weighted by molar-refractivity contribution is -0.0523. The summed E-state index contributed by atoms with van der Waals surface area (Å²) in [5.41, 5.74) is 0.122. The van der Waals surface area contributed by atoms with Gasteiger partial charge >= 0.3 is 0 Å². The van der Waals surface area contributed by atoms with Gasteiger partial charge in [0.15, 0.2) is 0 Å². The molecule has 1 aliphatic carbocycles. The smallest absolute Gasteiger partial charge is 0.222 e. The first-order chi connectivity index (χ1) is 10.8. The third kappa shape index (κ3) is 3.41. The minimum atomic E-state index is 0.122. The van der Waals surface area contributed by atoms with E-state index in [0.29, 0.717) is 5.92 Å². The number of nitrogens with zero attached hydrogens (tertiary/aromatic N) is 3. The van der Waals surface area contributed by atoms with Gasteiger partial charge in [-0.25, -0.2) is 9.97 Å². The molecule has 5 nitrogen and oxygen atoms in total. The van der Waals surface area contributed by atoms with Gasteiger partial charge in [-0.15, -0.1) is 0 Å². The van der Waals surface area contributed by atoms with Crippen LogP contribution in [-0.4, -0.2) is 53.3 Å². The summed E-state index contributed by atoms with van der Waals surface area (Å²) in [6.07, 6.45) is 10.1. The van der Waals surface area contributed by atoms with Crippen LogP contribution in [0.15, 0.2) is 18.5 Å². The second kappa shape index (κ2) is 6.13. The first-order valence-electron chi connectivity index (χ1n) is 8.69.